The summed E-state index contributed by atoms with van der Waals surface area (Å²) in [5, 5.41) is 21.0. The Hall–Kier alpha value is -1.63. The van der Waals surface area contributed by atoms with Crippen molar-refractivity contribution < 1.29 is 4.79 Å². The highest BCUT2D eigenvalue weighted by atomic mass is 32.2. The average molecular weight is 422 g/mol. The van der Waals surface area contributed by atoms with Crippen LogP contribution in [0.1, 0.15) is 45.4 Å². The fourth-order valence-corrected chi connectivity index (χ4v) is 4.94. The van der Waals surface area contributed by atoms with Gasteiger partial charge in [0.15, 0.2) is 4.34 Å². The third kappa shape index (κ3) is 6.48. The second-order valence-electron chi connectivity index (χ2n) is 6.18. The molecule has 6 nitrogen and oxygen atoms in total. The number of hydrogen-bond donors (Lipinski definition) is 1. The molecular weight excluding hydrogens is 398 g/mol. The highest BCUT2D eigenvalue weighted by Crippen LogP contribution is 2.30. The lowest BCUT2D eigenvalue weighted by Gasteiger charge is -2.14. The minimum atomic E-state index is -0.356. The number of carbonyl (C=O) groups excluding carboxylic acids is 1. The molecule has 0 spiro atoms. The van der Waals surface area contributed by atoms with Crippen LogP contribution in [0.25, 0.3) is 0 Å². The highest BCUT2D eigenvalue weighted by Gasteiger charge is 2.22. The normalized spacial score (nSPS) is 12.0. The zero-order valence-corrected chi connectivity index (χ0v) is 18.3. The monoisotopic (exact) mass is 421 g/mol. The summed E-state index contributed by atoms with van der Waals surface area (Å²) < 4.78 is 0.836. The second kappa shape index (κ2) is 10.6. The number of rotatable bonds is 9. The molecule has 2 heterocycles. The first-order valence-electron chi connectivity index (χ1n) is 8.80. The molecule has 9 heteroatoms. The lowest BCUT2D eigenvalue weighted by molar-refractivity contribution is -0.115. The first-order chi connectivity index (χ1) is 13.0. The molecular formula is C18H23N5OS3. The molecule has 0 aliphatic rings. The number of carbonyl (C=O) groups is 1. The van der Waals surface area contributed by atoms with Crippen molar-refractivity contribution in [2.24, 2.45) is 5.92 Å². The third-order valence-corrected chi connectivity index (χ3v) is 6.70. The number of nitrogens with zero attached hydrogens (tertiary/aromatic N) is 4. The van der Waals surface area contributed by atoms with Gasteiger partial charge in [-0.2, -0.15) is 5.26 Å². The van der Waals surface area contributed by atoms with E-state index in [9.17, 15) is 10.1 Å². The molecule has 144 valence electrons. The molecule has 1 unspecified atom stereocenters. The van der Waals surface area contributed by atoms with Gasteiger partial charge in [0.1, 0.15) is 11.1 Å². The van der Waals surface area contributed by atoms with Crippen LogP contribution in [0.5, 0.6) is 0 Å². The van der Waals surface area contributed by atoms with Gasteiger partial charge in [-0.15, -0.1) is 10.2 Å². The van der Waals surface area contributed by atoms with Crippen LogP contribution in [-0.2, 0) is 11.2 Å². The molecule has 1 N–H and O–H groups in total. The number of amides is 1. The Morgan fingerprint density at radius 2 is 2.11 bits per heavy atom. The van der Waals surface area contributed by atoms with Crippen LogP contribution in [-0.4, -0.2) is 32.1 Å². The zero-order chi connectivity index (χ0) is 19.8. The molecule has 0 saturated heterocycles. The molecule has 0 fully saturated rings. The van der Waals surface area contributed by atoms with Gasteiger partial charge >= 0.3 is 0 Å². The smallest absolute Gasteiger partial charge is 0.239 e. The van der Waals surface area contributed by atoms with Gasteiger partial charge in [-0.1, -0.05) is 62.6 Å². The van der Waals surface area contributed by atoms with Crippen LogP contribution < -0.4 is 5.32 Å². The molecule has 2 aromatic rings. The summed E-state index contributed by atoms with van der Waals surface area (Å²) in [4.78, 5) is 17.3. The Kier molecular flexibility index (Phi) is 8.54. The van der Waals surface area contributed by atoms with Crippen LogP contribution in [0.4, 0.5) is 5.13 Å². The van der Waals surface area contributed by atoms with Gasteiger partial charge in [0.25, 0.3) is 0 Å². The number of aromatic nitrogens is 3. The molecule has 0 aliphatic carbocycles. The third-order valence-electron chi connectivity index (χ3n) is 3.48. The number of nitriles is 1. The van der Waals surface area contributed by atoms with Gasteiger partial charge in [-0.25, -0.2) is 4.98 Å². The highest BCUT2D eigenvalue weighted by molar-refractivity contribution is 8.01. The van der Waals surface area contributed by atoms with E-state index in [2.05, 4.69) is 40.4 Å². The van der Waals surface area contributed by atoms with Crippen molar-refractivity contribution in [3.63, 3.8) is 0 Å². The Morgan fingerprint density at radius 3 is 2.74 bits per heavy atom. The van der Waals surface area contributed by atoms with Crippen molar-refractivity contribution in [2.75, 3.05) is 11.1 Å². The second-order valence-corrected chi connectivity index (χ2v) is 9.86. The summed E-state index contributed by atoms with van der Waals surface area (Å²) in [6.45, 7) is 8.24. The van der Waals surface area contributed by atoms with Gasteiger partial charge in [-0.05, 0) is 36.6 Å². The van der Waals surface area contributed by atoms with Crippen molar-refractivity contribution in [2.45, 2.75) is 55.2 Å². The molecule has 2 rings (SSSR count). The summed E-state index contributed by atoms with van der Waals surface area (Å²) in [6, 6.07) is 5.85. The van der Waals surface area contributed by atoms with E-state index in [-0.39, 0.29) is 11.2 Å². The Bertz CT molecular complexity index is 816. The minimum absolute atomic E-state index is 0.147. The van der Waals surface area contributed by atoms with Crippen molar-refractivity contribution in [1.82, 2.24) is 15.2 Å². The minimum Gasteiger partial charge on any atom is -0.300 e. The van der Waals surface area contributed by atoms with Crippen LogP contribution in [0, 0.1) is 17.2 Å². The van der Waals surface area contributed by atoms with Crippen molar-refractivity contribution in [1.29, 1.82) is 5.26 Å². The molecule has 0 bridgehead atoms. The summed E-state index contributed by atoms with van der Waals surface area (Å²) in [5.74, 6) is 1.23. The first kappa shape index (κ1) is 21.7. The van der Waals surface area contributed by atoms with E-state index in [0.29, 0.717) is 28.1 Å². The molecule has 1 amide bonds. The summed E-state index contributed by atoms with van der Waals surface area (Å²) in [5.41, 5.74) is 1.43. The fourth-order valence-electron chi connectivity index (χ4n) is 2.27. The number of nitrogens with one attached hydrogen (secondary N) is 1. The van der Waals surface area contributed by atoms with E-state index in [1.807, 2.05) is 19.9 Å². The number of anilines is 1. The SMILES string of the molecule is CCSc1nnc(NC(=O)C(CC)Sc2nc(CC(C)C)ccc2C#N)s1. The van der Waals surface area contributed by atoms with Crippen LogP contribution in [0.2, 0.25) is 0 Å². The quantitative estimate of drug-likeness (QED) is 0.466. The van der Waals surface area contributed by atoms with E-state index in [1.165, 1.54) is 23.1 Å². The molecule has 0 saturated carbocycles. The van der Waals surface area contributed by atoms with Gasteiger partial charge in [0, 0.05) is 5.69 Å². The molecule has 27 heavy (non-hydrogen) atoms. The lowest BCUT2D eigenvalue weighted by Crippen LogP contribution is -2.24. The van der Waals surface area contributed by atoms with E-state index in [4.69, 9.17) is 0 Å². The van der Waals surface area contributed by atoms with Gasteiger partial charge in [0.05, 0.1) is 10.8 Å². The molecule has 0 aliphatic heterocycles. The van der Waals surface area contributed by atoms with E-state index >= 15 is 0 Å². The maximum atomic E-state index is 12.7. The number of pyridine rings is 1. The summed E-state index contributed by atoms with van der Waals surface area (Å²) in [7, 11) is 0. The molecule has 2 aromatic heterocycles. The Morgan fingerprint density at radius 1 is 1.33 bits per heavy atom. The predicted molar refractivity (Wildman–Crippen MR) is 112 cm³/mol. The van der Waals surface area contributed by atoms with Crippen LogP contribution in [0.3, 0.4) is 0 Å². The lowest BCUT2D eigenvalue weighted by atomic mass is 10.1. The topological polar surface area (TPSA) is 91.6 Å². The van der Waals surface area contributed by atoms with Crippen LogP contribution in [0.15, 0.2) is 21.5 Å². The number of hydrogen-bond acceptors (Lipinski definition) is 8. The molecule has 0 aromatic carbocycles. The molecule has 1 atom stereocenters. The average Bonchev–Trinajstić information content (AvgIpc) is 3.06. The number of thioether (sulfide) groups is 2. The Balaban J connectivity index is 2.12. The first-order valence-corrected chi connectivity index (χ1v) is 11.5. The van der Waals surface area contributed by atoms with Crippen molar-refractivity contribution in [3.05, 3.63) is 23.4 Å². The Labute approximate surface area is 172 Å². The summed E-state index contributed by atoms with van der Waals surface area (Å²) in [6.07, 6.45) is 1.46. The van der Waals surface area contributed by atoms with E-state index in [0.717, 1.165) is 22.2 Å². The largest absolute Gasteiger partial charge is 0.300 e. The van der Waals surface area contributed by atoms with Crippen LogP contribution >= 0.6 is 34.9 Å². The maximum absolute atomic E-state index is 12.7. The zero-order valence-electron chi connectivity index (χ0n) is 15.9. The van der Waals surface area contributed by atoms with E-state index < -0.39 is 0 Å². The maximum Gasteiger partial charge on any atom is 0.239 e. The fraction of sp³-hybridized carbons (Fsp3) is 0.500. The molecule has 0 radical (unpaired) electrons. The standard InChI is InChI=1S/C18H23N5OS3/c1-5-14(15(24)21-17-22-23-18(27-17)25-6-2)26-16-12(10-19)7-8-13(20-16)9-11(3)4/h7-8,11,14H,5-6,9H2,1-4H3,(H,21,22,24). The van der Waals surface area contributed by atoms with Gasteiger partial charge in [0.2, 0.25) is 11.0 Å². The van der Waals surface area contributed by atoms with Crippen molar-refractivity contribution >= 4 is 45.9 Å². The predicted octanol–water partition coefficient (Wildman–Crippen LogP) is 4.62. The van der Waals surface area contributed by atoms with Crippen molar-refractivity contribution in [3.8, 4) is 6.07 Å². The summed E-state index contributed by atoms with van der Waals surface area (Å²) >= 11 is 4.29. The van der Waals surface area contributed by atoms with E-state index in [1.54, 1.807) is 17.8 Å². The van der Waals surface area contributed by atoms with Gasteiger partial charge < -0.3 is 0 Å². The van der Waals surface area contributed by atoms with Gasteiger partial charge in [-0.3, -0.25) is 10.1 Å².